The van der Waals surface area contributed by atoms with Gasteiger partial charge in [-0.05, 0) is 44.2 Å². The van der Waals surface area contributed by atoms with Gasteiger partial charge in [0.2, 0.25) is 5.82 Å². The molecule has 0 saturated heterocycles. The second-order valence-electron chi connectivity index (χ2n) is 5.19. The zero-order valence-corrected chi connectivity index (χ0v) is 13.3. The number of carbonyl (C=O) groups is 1. The van der Waals surface area contributed by atoms with Crippen molar-refractivity contribution in [3.8, 4) is 22.8 Å². The van der Waals surface area contributed by atoms with Crippen LogP contribution in [0.2, 0.25) is 5.02 Å². The summed E-state index contributed by atoms with van der Waals surface area (Å²) >= 11 is 5.87. The largest absolute Gasteiger partial charge is 0.480 e. The normalized spacial score (nSPS) is 10.9. The molecule has 0 saturated carbocycles. The molecule has 3 rings (SSSR count). The van der Waals surface area contributed by atoms with E-state index in [2.05, 4.69) is 10.1 Å². The first-order chi connectivity index (χ1) is 11.0. The zero-order chi connectivity index (χ0) is 16.6. The summed E-state index contributed by atoms with van der Waals surface area (Å²) in [6.45, 7) is 3.57. The molecule has 118 valence electrons. The zero-order valence-electron chi connectivity index (χ0n) is 12.6. The minimum absolute atomic E-state index is 0.101. The highest BCUT2D eigenvalue weighted by molar-refractivity contribution is 6.30. The monoisotopic (exact) mass is 331 g/mol. The Kier molecular flexibility index (Phi) is 3.92. The van der Waals surface area contributed by atoms with Gasteiger partial charge < -0.3 is 14.2 Å². The number of carboxylic acid groups (broad SMARTS) is 1. The van der Waals surface area contributed by atoms with Gasteiger partial charge in [0.1, 0.15) is 6.54 Å². The molecule has 0 radical (unpaired) electrons. The van der Waals surface area contributed by atoms with Crippen molar-refractivity contribution in [3.63, 3.8) is 0 Å². The molecule has 2 heterocycles. The van der Waals surface area contributed by atoms with E-state index in [9.17, 15) is 4.79 Å². The van der Waals surface area contributed by atoms with Crippen molar-refractivity contribution in [2.24, 2.45) is 0 Å². The van der Waals surface area contributed by atoms with E-state index in [-0.39, 0.29) is 6.54 Å². The molecular weight excluding hydrogens is 318 g/mol. The number of aliphatic carboxylic acids is 1. The summed E-state index contributed by atoms with van der Waals surface area (Å²) in [6.07, 6.45) is 0. The molecule has 7 heteroatoms. The maximum Gasteiger partial charge on any atom is 0.323 e. The lowest BCUT2D eigenvalue weighted by atomic mass is 10.2. The highest BCUT2D eigenvalue weighted by Crippen LogP contribution is 2.28. The molecule has 3 aromatic rings. The van der Waals surface area contributed by atoms with Crippen molar-refractivity contribution < 1.29 is 14.4 Å². The first-order valence-electron chi connectivity index (χ1n) is 6.94. The van der Waals surface area contributed by atoms with E-state index in [4.69, 9.17) is 21.2 Å². The number of nitrogens with zero attached hydrogens (tertiary/aromatic N) is 3. The predicted molar refractivity (Wildman–Crippen MR) is 85.3 cm³/mol. The van der Waals surface area contributed by atoms with Crippen molar-refractivity contribution in [1.29, 1.82) is 0 Å². The number of aryl methyl sites for hydroxylation is 1. The highest BCUT2D eigenvalue weighted by atomic mass is 35.5. The van der Waals surface area contributed by atoms with Crippen LogP contribution in [0.25, 0.3) is 22.8 Å². The summed E-state index contributed by atoms with van der Waals surface area (Å²) in [6, 6.07) is 8.98. The average Bonchev–Trinajstić information content (AvgIpc) is 3.08. The number of rotatable bonds is 4. The van der Waals surface area contributed by atoms with Gasteiger partial charge in [-0.25, -0.2) is 0 Å². The Labute approximate surface area is 137 Å². The maximum atomic E-state index is 11.0. The van der Waals surface area contributed by atoms with Crippen LogP contribution in [0.3, 0.4) is 0 Å². The van der Waals surface area contributed by atoms with Gasteiger partial charge in [-0.2, -0.15) is 4.98 Å². The molecule has 0 spiro atoms. The maximum absolute atomic E-state index is 11.0. The Hall–Kier alpha value is -2.60. The third-order valence-corrected chi connectivity index (χ3v) is 3.88. The van der Waals surface area contributed by atoms with E-state index in [1.165, 1.54) is 0 Å². The third-order valence-electron chi connectivity index (χ3n) is 3.63. The summed E-state index contributed by atoms with van der Waals surface area (Å²) < 4.78 is 7.03. The van der Waals surface area contributed by atoms with Gasteiger partial charge in [0.15, 0.2) is 0 Å². The number of benzene rings is 1. The second-order valence-corrected chi connectivity index (χ2v) is 5.63. The summed E-state index contributed by atoms with van der Waals surface area (Å²) in [5, 5.41) is 13.6. The third kappa shape index (κ3) is 2.98. The molecule has 23 heavy (non-hydrogen) atoms. The lowest BCUT2D eigenvalue weighted by molar-refractivity contribution is -0.137. The standard InChI is InChI=1S/C16H14ClN3O3/c1-9-7-13(10(2)20(9)8-14(21)22)16-18-15(19-23-16)11-3-5-12(17)6-4-11/h3-7H,8H2,1-2H3,(H,21,22). The molecule has 0 fully saturated rings. The lowest BCUT2D eigenvalue weighted by Crippen LogP contribution is -2.11. The van der Waals surface area contributed by atoms with Gasteiger partial charge in [-0.1, -0.05) is 16.8 Å². The summed E-state index contributed by atoms with van der Waals surface area (Å²) in [4.78, 5) is 15.3. The smallest absolute Gasteiger partial charge is 0.323 e. The lowest BCUT2D eigenvalue weighted by Gasteiger charge is -2.05. The highest BCUT2D eigenvalue weighted by Gasteiger charge is 2.18. The molecule has 2 aromatic heterocycles. The molecule has 1 N–H and O–H groups in total. The van der Waals surface area contributed by atoms with Gasteiger partial charge in [0, 0.05) is 22.0 Å². The predicted octanol–water partition coefficient (Wildman–Crippen LogP) is 3.56. The van der Waals surface area contributed by atoms with Gasteiger partial charge in [-0.15, -0.1) is 0 Å². The van der Waals surface area contributed by atoms with Gasteiger partial charge in [0.05, 0.1) is 5.56 Å². The van der Waals surface area contributed by atoms with Crippen LogP contribution in [0, 0.1) is 13.8 Å². The van der Waals surface area contributed by atoms with Crippen LogP contribution in [0.4, 0.5) is 0 Å². The Bertz CT molecular complexity index is 865. The Morgan fingerprint density at radius 3 is 2.65 bits per heavy atom. The number of halogens is 1. The Morgan fingerprint density at radius 2 is 2.00 bits per heavy atom. The molecule has 0 unspecified atom stereocenters. The first-order valence-corrected chi connectivity index (χ1v) is 7.32. The molecule has 0 aliphatic rings. The molecule has 0 bridgehead atoms. The fraction of sp³-hybridized carbons (Fsp3) is 0.188. The minimum Gasteiger partial charge on any atom is -0.480 e. The summed E-state index contributed by atoms with van der Waals surface area (Å²) in [5.41, 5.74) is 3.13. The second kappa shape index (κ2) is 5.89. The van der Waals surface area contributed by atoms with Crippen LogP contribution >= 0.6 is 11.6 Å². The van der Waals surface area contributed by atoms with Crippen LogP contribution in [-0.2, 0) is 11.3 Å². The average molecular weight is 332 g/mol. The number of hydrogen-bond acceptors (Lipinski definition) is 4. The van der Waals surface area contributed by atoms with E-state index >= 15 is 0 Å². The minimum atomic E-state index is -0.897. The number of carboxylic acids is 1. The van der Waals surface area contributed by atoms with Crippen LogP contribution in [0.15, 0.2) is 34.9 Å². The quantitative estimate of drug-likeness (QED) is 0.790. The van der Waals surface area contributed by atoms with E-state index < -0.39 is 5.97 Å². The molecule has 0 atom stereocenters. The van der Waals surface area contributed by atoms with E-state index in [0.717, 1.165) is 22.5 Å². The molecule has 0 amide bonds. The van der Waals surface area contributed by atoms with Gasteiger partial charge >= 0.3 is 5.97 Å². The van der Waals surface area contributed by atoms with Crippen molar-refractivity contribution in [3.05, 3.63) is 46.7 Å². The molecule has 0 aliphatic carbocycles. The van der Waals surface area contributed by atoms with E-state index in [1.54, 1.807) is 16.7 Å². The van der Waals surface area contributed by atoms with E-state index in [1.807, 2.05) is 32.0 Å². The number of hydrogen-bond donors (Lipinski definition) is 1. The van der Waals surface area contributed by atoms with Crippen molar-refractivity contribution in [2.75, 3.05) is 0 Å². The molecule has 0 aliphatic heterocycles. The van der Waals surface area contributed by atoms with Crippen LogP contribution in [-0.4, -0.2) is 25.8 Å². The fourth-order valence-electron chi connectivity index (χ4n) is 2.45. The van der Waals surface area contributed by atoms with E-state index in [0.29, 0.717) is 16.7 Å². The van der Waals surface area contributed by atoms with Crippen LogP contribution < -0.4 is 0 Å². The van der Waals surface area contributed by atoms with Crippen LogP contribution in [0.5, 0.6) is 0 Å². The number of aromatic nitrogens is 3. The van der Waals surface area contributed by atoms with Gasteiger partial charge in [0.25, 0.3) is 5.89 Å². The van der Waals surface area contributed by atoms with Crippen LogP contribution in [0.1, 0.15) is 11.4 Å². The van der Waals surface area contributed by atoms with Crippen molar-refractivity contribution >= 4 is 17.6 Å². The Morgan fingerprint density at radius 1 is 1.30 bits per heavy atom. The van der Waals surface area contributed by atoms with Crippen molar-refractivity contribution in [1.82, 2.24) is 14.7 Å². The molecule has 1 aromatic carbocycles. The molecular formula is C16H14ClN3O3. The SMILES string of the molecule is Cc1cc(-c2nc(-c3ccc(Cl)cc3)no2)c(C)n1CC(=O)O. The topological polar surface area (TPSA) is 81.2 Å². The summed E-state index contributed by atoms with van der Waals surface area (Å²) in [7, 11) is 0. The summed E-state index contributed by atoms with van der Waals surface area (Å²) in [5.74, 6) is -0.0786. The van der Waals surface area contributed by atoms with Crippen molar-refractivity contribution in [2.45, 2.75) is 20.4 Å². The Balaban J connectivity index is 1.97. The molecule has 6 nitrogen and oxygen atoms in total. The fourth-order valence-corrected chi connectivity index (χ4v) is 2.57. The van der Waals surface area contributed by atoms with Gasteiger partial charge in [-0.3, -0.25) is 4.79 Å². The first kappa shape index (κ1) is 15.3.